The fourth-order valence-corrected chi connectivity index (χ4v) is 3.94. The summed E-state index contributed by atoms with van der Waals surface area (Å²) < 4.78 is 0. The average Bonchev–Trinajstić information content (AvgIpc) is 3.20. The van der Waals surface area contributed by atoms with Crippen molar-refractivity contribution in [1.82, 2.24) is 5.32 Å². The van der Waals surface area contributed by atoms with Crippen LogP contribution in [0.4, 0.5) is 5.69 Å². The fraction of sp³-hybridized carbons (Fsp3) is 0.227. The van der Waals surface area contributed by atoms with Gasteiger partial charge in [-0.1, -0.05) is 56.3 Å². The van der Waals surface area contributed by atoms with Gasteiger partial charge in [0.05, 0.1) is 11.0 Å². The number of hydrogen-bond donors (Lipinski definition) is 1. The van der Waals surface area contributed by atoms with Crippen LogP contribution in [0.1, 0.15) is 57.7 Å². The molecule has 2 aromatic carbocycles. The minimum atomic E-state index is -0.498. The normalized spacial score (nSPS) is 12.0. The Morgan fingerprint density at radius 1 is 1.04 bits per heavy atom. The molecule has 0 aliphatic rings. The highest BCUT2D eigenvalue weighted by atomic mass is 32.1. The van der Waals surface area contributed by atoms with Crippen LogP contribution in [0.2, 0.25) is 0 Å². The van der Waals surface area contributed by atoms with Crippen LogP contribution in [0.15, 0.2) is 60.0 Å². The predicted octanol–water partition coefficient (Wildman–Crippen LogP) is 5.61. The van der Waals surface area contributed by atoms with Gasteiger partial charge in [0.2, 0.25) is 0 Å². The van der Waals surface area contributed by atoms with E-state index in [4.69, 9.17) is 0 Å². The maximum Gasteiger partial charge on any atom is 0.285 e. The molecule has 0 spiro atoms. The van der Waals surface area contributed by atoms with Crippen LogP contribution in [0.25, 0.3) is 0 Å². The van der Waals surface area contributed by atoms with E-state index in [1.807, 2.05) is 29.6 Å². The van der Waals surface area contributed by atoms with E-state index < -0.39 is 10.8 Å². The first-order valence-electron chi connectivity index (χ1n) is 9.06. The summed E-state index contributed by atoms with van der Waals surface area (Å²) in [5.74, 6) is -0.0412. The first-order valence-corrected chi connectivity index (χ1v) is 9.94. The second-order valence-corrected chi connectivity index (χ2v) is 7.95. The summed E-state index contributed by atoms with van der Waals surface area (Å²) in [5.41, 5.74) is 2.54. The number of benzene rings is 2. The van der Waals surface area contributed by atoms with Gasteiger partial charge in [-0.3, -0.25) is 14.9 Å². The summed E-state index contributed by atoms with van der Waals surface area (Å²) >= 11 is 1.54. The van der Waals surface area contributed by atoms with Crippen molar-refractivity contribution in [3.63, 3.8) is 0 Å². The SMILES string of the molecule is Cc1cccc(C(=O)NC(c2ccc(C(C)C)cc2)c2cccs2)c1[N+](=O)[O-]. The first kappa shape index (κ1) is 19.8. The Bertz CT molecular complexity index is 980. The molecule has 5 nitrogen and oxygen atoms in total. The Hall–Kier alpha value is -2.99. The lowest BCUT2D eigenvalue weighted by Crippen LogP contribution is -2.29. The number of hydrogen-bond acceptors (Lipinski definition) is 4. The molecule has 0 bridgehead atoms. The summed E-state index contributed by atoms with van der Waals surface area (Å²) in [6.07, 6.45) is 0. The molecule has 0 saturated heterocycles. The number of aryl methyl sites for hydroxylation is 1. The molecule has 1 unspecified atom stereocenters. The minimum absolute atomic E-state index is 0.0744. The van der Waals surface area contributed by atoms with Crippen LogP contribution < -0.4 is 5.32 Å². The molecule has 1 N–H and O–H groups in total. The van der Waals surface area contributed by atoms with E-state index in [9.17, 15) is 14.9 Å². The molecular formula is C22H22N2O3S. The maximum absolute atomic E-state index is 13.0. The molecular weight excluding hydrogens is 372 g/mol. The molecule has 6 heteroatoms. The van der Waals surface area contributed by atoms with E-state index in [0.29, 0.717) is 11.5 Å². The summed E-state index contributed by atoms with van der Waals surface area (Å²) in [7, 11) is 0. The van der Waals surface area contributed by atoms with Crippen molar-refractivity contribution in [2.24, 2.45) is 0 Å². The van der Waals surface area contributed by atoms with Gasteiger partial charge in [0, 0.05) is 10.4 Å². The Morgan fingerprint density at radius 3 is 2.29 bits per heavy atom. The van der Waals surface area contributed by atoms with Gasteiger partial charge in [-0.25, -0.2) is 0 Å². The third-order valence-electron chi connectivity index (χ3n) is 4.70. The lowest BCUT2D eigenvalue weighted by Gasteiger charge is -2.19. The van der Waals surface area contributed by atoms with Crippen molar-refractivity contribution < 1.29 is 9.72 Å². The van der Waals surface area contributed by atoms with Crippen LogP contribution in [0.3, 0.4) is 0 Å². The highest BCUT2D eigenvalue weighted by Crippen LogP contribution is 2.29. The summed E-state index contributed by atoms with van der Waals surface area (Å²) in [6, 6.07) is 16.4. The van der Waals surface area contributed by atoms with Gasteiger partial charge in [0.1, 0.15) is 5.56 Å². The Labute approximate surface area is 168 Å². The van der Waals surface area contributed by atoms with E-state index >= 15 is 0 Å². The van der Waals surface area contributed by atoms with Crippen molar-refractivity contribution >= 4 is 22.9 Å². The standard InChI is InChI=1S/C22H22N2O3S/c1-14(2)16-9-11-17(12-10-16)20(19-8-5-13-28-19)23-22(25)18-7-4-6-15(3)21(18)24(26)27/h4-14,20H,1-3H3,(H,23,25). The molecule has 0 aliphatic carbocycles. The predicted molar refractivity (Wildman–Crippen MR) is 112 cm³/mol. The molecule has 1 heterocycles. The Balaban J connectivity index is 1.96. The molecule has 1 atom stereocenters. The van der Waals surface area contributed by atoms with Crippen LogP contribution in [0.5, 0.6) is 0 Å². The van der Waals surface area contributed by atoms with E-state index in [1.54, 1.807) is 19.1 Å². The molecule has 1 amide bonds. The fourth-order valence-electron chi connectivity index (χ4n) is 3.14. The Morgan fingerprint density at radius 2 is 1.71 bits per heavy atom. The number of para-hydroxylation sites is 1. The number of amides is 1. The zero-order chi connectivity index (χ0) is 20.3. The molecule has 28 heavy (non-hydrogen) atoms. The molecule has 0 aliphatic heterocycles. The summed E-state index contributed by atoms with van der Waals surface area (Å²) in [5, 5.41) is 16.4. The Kier molecular flexibility index (Phi) is 5.90. The quantitative estimate of drug-likeness (QED) is 0.436. The van der Waals surface area contributed by atoms with Crippen molar-refractivity contribution in [2.45, 2.75) is 32.7 Å². The number of carbonyl (C=O) groups excluding carboxylic acids is 1. The third-order valence-corrected chi connectivity index (χ3v) is 5.64. The molecule has 1 aromatic heterocycles. The largest absolute Gasteiger partial charge is 0.340 e. The molecule has 0 radical (unpaired) electrons. The van der Waals surface area contributed by atoms with Gasteiger partial charge in [0.25, 0.3) is 11.6 Å². The van der Waals surface area contributed by atoms with Crippen LogP contribution in [-0.2, 0) is 0 Å². The van der Waals surface area contributed by atoms with Crippen molar-refractivity contribution in [2.75, 3.05) is 0 Å². The minimum Gasteiger partial charge on any atom is -0.340 e. The lowest BCUT2D eigenvalue weighted by atomic mass is 9.98. The number of nitrogens with zero attached hydrogens (tertiary/aromatic N) is 1. The van der Waals surface area contributed by atoms with E-state index in [2.05, 4.69) is 31.3 Å². The molecule has 0 saturated carbocycles. The highest BCUT2D eigenvalue weighted by molar-refractivity contribution is 7.10. The molecule has 0 fully saturated rings. The molecule has 3 aromatic rings. The maximum atomic E-state index is 13.0. The van der Waals surface area contributed by atoms with Gasteiger partial charge in [-0.2, -0.15) is 0 Å². The van der Waals surface area contributed by atoms with Crippen molar-refractivity contribution in [3.8, 4) is 0 Å². The van der Waals surface area contributed by atoms with Crippen LogP contribution in [0, 0.1) is 17.0 Å². The van der Waals surface area contributed by atoms with E-state index in [0.717, 1.165) is 10.4 Å². The van der Waals surface area contributed by atoms with Crippen LogP contribution >= 0.6 is 11.3 Å². The number of nitro groups is 1. The van der Waals surface area contributed by atoms with Gasteiger partial charge < -0.3 is 5.32 Å². The monoisotopic (exact) mass is 394 g/mol. The van der Waals surface area contributed by atoms with Gasteiger partial charge >= 0.3 is 0 Å². The third kappa shape index (κ3) is 4.12. The summed E-state index contributed by atoms with van der Waals surface area (Å²) in [4.78, 5) is 24.9. The lowest BCUT2D eigenvalue weighted by molar-refractivity contribution is -0.385. The second-order valence-electron chi connectivity index (χ2n) is 6.97. The second kappa shape index (κ2) is 8.35. The van der Waals surface area contributed by atoms with Crippen LogP contribution in [-0.4, -0.2) is 10.8 Å². The number of nitro benzene ring substituents is 1. The van der Waals surface area contributed by atoms with Gasteiger partial charge in [-0.15, -0.1) is 11.3 Å². The number of nitrogens with one attached hydrogen (secondary N) is 1. The topological polar surface area (TPSA) is 72.2 Å². The number of carbonyl (C=O) groups is 1. The van der Waals surface area contributed by atoms with Crippen molar-refractivity contribution in [1.29, 1.82) is 0 Å². The molecule has 3 rings (SSSR count). The molecule has 144 valence electrons. The number of rotatable bonds is 6. The van der Waals surface area contributed by atoms with E-state index in [-0.39, 0.29) is 17.3 Å². The van der Waals surface area contributed by atoms with Gasteiger partial charge in [-0.05, 0) is 41.5 Å². The zero-order valence-corrected chi connectivity index (χ0v) is 16.8. The highest BCUT2D eigenvalue weighted by Gasteiger charge is 2.25. The van der Waals surface area contributed by atoms with E-state index in [1.165, 1.54) is 23.0 Å². The smallest absolute Gasteiger partial charge is 0.285 e. The van der Waals surface area contributed by atoms with Gasteiger partial charge in [0.15, 0.2) is 0 Å². The average molecular weight is 394 g/mol. The first-order chi connectivity index (χ1) is 13.4. The van der Waals surface area contributed by atoms with Crippen molar-refractivity contribution in [3.05, 3.63) is 97.2 Å². The zero-order valence-electron chi connectivity index (χ0n) is 16.0. The summed E-state index contributed by atoms with van der Waals surface area (Å²) in [6.45, 7) is 5.89. The number of thiophene rings is 1.